The molecule has 15 nitrogen and oxygen atoms in total. The summed E-state index contributed by atoms with van der Waals surface area (Å²) < 4.78 is 31.4. The van der Waals surface area contributed by atoms with E-state index in [4.69, 9.17) is 40.2 Å². The van der Waals surface area contributed by atoms with Crippen LogP contribution in [0, 0.1) is 0 Å². The number of esters is 5. The molecular formula is C53H64N2O13. The molecule has 0 radical (unpaired) electrons. The van der Waals surface area contributed by atoms with Gasteiger partial charge in [0.15, 0.2) is 5.75 Å². The van der Waals surface area contributed by atoms with Crippen LogP contribution in [0.1, 0.15) is 131 Å². The normalized spacial score (nSPS) is 11.0. The lowest BCUT2D eigenvalue weighted by Gasteiger charge is -2.13. The molecule has 0 saturated carbocycles. The standard InChI is InChI=1S/C53H64N2O13/c1-61-48-33-39(22-29-50(57)63-3)20-27-47(48)68-66-32-16-12-9-13-17-40-25-26-45(67-52(59)41-23-18-38(19-24-41)21-28-49(56)62-2)37-46(40)53(60)65-31-15-11-8-6-4-5-7-10-14-30-64-51(58)42-34-43(54)36-44(55)35-42/h18-29,33-37H,4-17,30-32,54-55H2,1-3H3. The first-order valence-electron chi connectivity index (χ1n) is 22.9. The lowest BCUT2D eigenvalue weighted by molar-refractivity contribution is -0.208. The Balaban J connectivity index is 1.20. The highest BCUT2D eigenvalue weighted by atomic mass is 17.2. The molecule has 0 aliphatic rings. The monoisotopic (exact) mass is 936 g/mol. The number of nitrogens with two attached hydrogens (primary N) is 2. The third-order valence-electron chi connectivity index (χ3n) is 10.6. The molecule has 15 heteroatoms. The summed E-state index contributed by atoms with van der Waals surface area (Å²) in [4.78, 5) is 72.6. The summed E-state index contributed by atoms with van der Waals surface area (Å²) in [6.07, 6.45) is 18.4. The fourth-order valence-corrected chi connectivity index (χ4v) is 6.91. The van der Waals surface area contributed by atoms with Gasteiger partial charge in [0.2, 0.25) is 5.75 Å². The number of unbranched alkanes of at least 4 members (excludes halogenated alkanes) is 11. The number of benzene rings is 4. The zero-order valence-electron chi connectivity index (χ0n) is 39.3. The van der Waals surface area contributed by atoms with Crippen LogP contribution in [-0.2, 0) is 39.8 Å². The maximum Gasteiger partial charge on any atom is 0.343 e. The predicted molar refractivity (Wildman–Crippen MR) is 259 cm³/mol. The minimum atomic E-state index is -0.600. The number of carbonyl (C=O) groups is 5. The van der Waals surface area contributed by atoms with E-state index in [1.807, 2.05) is 0 Å². The van der Waals surface area contributed by atoms with Gasteiger partial charge in [0, 0.05) is 23.5 Å². The molecule has 0 amide bonds. The van der Waals surface area contributed by atoms with Crippen molar-refractivity contribution in [2.45, 2.75) is 89.9 Å². The van der Waals surface area contributed by atoms with Gasteiger partial charge >= 0.3 is 29.8 Å². The second-order valence-electron chi connectivity index (χ2n) is 15.9. The highest BCUT2D eigenvalue weighted by Gasteiger charge is 2.17. The molecule has 0 atom stereocenters. The van der Waals surface area contributed by atoms with Gasteiger partial charge in [0.25, 0.3) is 0 Å². The first-order chi connectivity index (χ1) is 33.0. The average Bonchev–Trinajstić information content (AvgIpc) is 3.34. The minimum absolute atomic E-state index is 0.214. The van der Waals surface area contributed by atoms with Gasteiger partial charge in [-0.15, -0.1) is 0 Å². The largest absolute Gasteiger partial charge is 0.493 e. The summed E-state index contributed by atoms with van der Waals surface area (Å²) >= 11 is 0. The van der Waals surface area contributed by atoms with Gasteiger partial charge in [-0.1, -0.05) is 82.1 Å². The molecule has 4 aromatic rings. The van der Waals surface area contributed by atoms with Gasteiger partial charge in [-0.2, -0.15) is 4.89 Å². The number of aryl methyl sites for hydroxylation is 1. The molecular weight excluding hydrogens is 873 g/mol. The highest BCUT2D eigenvalue weighted by Crippen LogP contribution is 2.29. The zero-order valence-corrected chi connectivity index (χ0v) is 39.3. The molecule has 0 unspecified atom stereocenters. The molecule has 0 aromatic heterocycles. The molecule has 4 N–H and O–H groups in total. The van der Waals surface area contributed by atoms with Crippen molar-refractivity contribution in [3.05, 3.63) is 124 Å². The Hall–Kier alpha value is -7.13. The number of hydrogen-bond acceptors (Lipinski definition) is 15. The molecule has 0 bridgehead atoms. The van der Waals surface area contributed by atoms with Crippen LogP contribution in [0.4, 0.5) is 11.4 Å². The van der Waals surface area contributed by atoms with Crippen molar-refractivity contribution in [3.63, 3.8) is 0 Å². The molecule has 0 aliphatic heterocycles. The lowest BCUT2D eigenvalue weighted by Crippen LogP contribution is -2.12. The number of methoxy groups -OCH3 is 3. The van der Waals surface area contributed by atoms with Gasteiger partial charge in [0.1, 0.15) is 5.75 Å². The number of anilines is 2. The fourth-order valence-electron chi connectivity index (χ4n) is 6.91. The summed E-state index contributed by atoms with van der Waals surface area (Å²) in [5, 5.41) is 0. The Morgan fingerprint density at radius 1 is 0.500 bits per heavy atom. The van der Waals surface area contributed by atoms with Crippen LogP contribution in [0.2, 0.25) is 0 Å². The lowest BCUT2D eigenvalue weighted by atomic mass is 10.0. The van der Waals surface area contributed by atoms with E-state index in [1.165, 1.54) is 33.5 Å². The Morgan fingerprint density at radius 3 is 1.65 bits per heavy atom. The number of rotatable bonds is 30. The van der Waals surface area contributed by atoms with Gasteiger partial charge in [-0.25, -0.2) is 24.0 Å². The van der Waals surface area contributed by atoms with Crippen LogP contribution in [-0.4, -0.2) is 71.0 Å². The van der Waals surface area contributed by atoms with Crippen LogP contribution in [0.25, 0.3) is 12.2 Å². The average molecular weight is 937 g/mol. The molecule has 0 aliphatic carbocycles. The first-order valence-corrected chi connectivity index (χ1v) is 22.9. The van der Waals surface area contributed by atoms with Crippen LogP contribution in [0.3, 0.4) is 0 Å². The number of nitrogen functional groups attached to an aromatic ring is 2. The van der Waals surface area contributed by atoms with Crippen molar-refractivity contribution in [2.24, 2.45) is 0 Å². The van der Waals surface area contributed by atoms with E-state index in [9.17, 15) is 24.0 Å². The van der Waals surface area contributed by atoms with E-state index in [2.05, 4.69) is 9.47 Å². The SMILES string of the molecule is COC(=O)C=Cc1ccc(C(=O)Oc2ccc(CCCCCCOOc3ccc(C=CC(=O)OC)cc3OC)c(C(=O)OCCCCCCCCCCCOC(=O)c3cc(N)cc(N)c3)c2)cc1. The maximum absolute atomic E-state index is 13.5. The zero-order chi connectivity index (χ0) is 48.9. The molecule has 4 rings (SSSR count). The third-order valence-corrected chi connectivity index (χ3v) is 10.6. The van der Waals surface area contributed by atoms with E-state index in [-0.39, 0.29) is 12.4 Å². The first kappa shape index (κ1) is 53.5. The van der Waals surface area contributed by atoms with Crippen LogP contribution in [0.15, 0.2) is 91.0 Å². The molecule has 0 spiro atoms. The van der Waals surface area contributed by atoms with Crippen LogP contribution >= 0.6 is 0 Å². The summed E-state index contributed by atoms with van der Waals surface area (Å²) in [5.74, 6) is -1.39. The molecule has 4 aromatic carbocycles. The summed E-state index contributed by atoms with van der Waals surface area (Å²) in [7, 11) is 4.12. The van der Waals surface area contributed by atoms with Crippen molar-refractivity contribution < 1.29 is 62.2 Å². The van der Waals surface area contributed by atoms with E-state index < -0.39 is 29.8 Å². The second kappa shape index (κ2) is 30.2. The van der Waals surface area contributed by atoms with E-state index in [1.54, 1.807) is 91.0 Å². The minimum Gasteiger partial charge on any atom is -0.493 e. The number of carbonyl (C=O) groups excluding carboxylic acids is 5. The smallest absolute Gasteiger partial charge is 0.343 e. The molecule has 0 saturated heterocycles. The van der Waals surface area contributed by atoms with Crippen molar-refractivity contribution in [1.82, 2.24) is 0 Å². The van der Waals surface area contributed by atoms with Crippen molar-refractivity contribution in [3.8, 4) is 17.2 Å². The van der Waals surface area contributed by atoms with Gasteiger partial charge in [0.05, 0.1) is 57.8 Å². The third kappa shape index (κ3) is 19.8. The topological polar surface area (TPSA) is 211 Å². The van der Waals surface area contributed by atoms with Crippen molar-refractivity contribution in [1.29, 1.82) is 0 Å². The number of hydrogen-bond donors (Lipinski definition) is 2. The van der Waals surface area contributed by atoms with Gasteiger partial charge in [-0.3, -0.25) is 0 Å². The second-order valence-corrected chi connectivity index (χ2v) is 15.9. The Labute approximate surface area is 398 Å². The van der Waals surface area contributed by atoms with E-state index in [0.29, 0.717) is 64.8 Å². The summed E-state index contributed by atoms with van der Waals surface area (Å²) in [6, 6.07) is 21.4. The predicted octanol–water partition coefficient (Wildman–Crippen LogP) is 10.1. The Kier molecular flexibility index (Phi) is 23.8. The molecule has 0 fully saturated rings. The van der Waals surface area contributed by atoms with Gasteiger partial charge < -0.3 is 44.8 Å². The van der Waals surface area contributed by atoms with E-state index >= 15 is 0 Å². The molecule has 0 heterocycles. The molecule has 364 valence electrons. The van der Waals surface area contributed by atoms with Gasteiger partial charge in [-0.05, 0) is 116 Å². The number of ether oxygens (including phenoxy) is 6. The fraction of sp³-hybridized carbons (Fsp3) is 0.377. The van der Waals surface area contributed by atoms with Crippen molar-refractivity contribution >= 4 is 53.4 Å². The highest BCUT2D eigenvalue weighted by molar-refractivity contribution is 5.94. The Morgan fingerprint density at radius 2 is 1.04 bits per heavy atom. The molecule has 68 heavy (non-hydrogen) atoms. The van der Waals surface area contributed by atoms with E-state index in [0.717, 1.165) is 94.6 Å². The van der Waals surface area contributed by atoms with Crippen LogP contribution < -0.4 is 25.8 Å². The maximum atomic E-state index is 13.5. The van der Waals surface area contributed by atoms with Crippen LogP contribution in [0.5, 0.6) is 17.2 Å². The summed E-state index contributed by atoms with van der Waals surface area (Å²) in [6.45, 7) is 0.965. The summed E-state index contributed by atoms with van der Waals surface area (Å²) in [5.41, 5.74) is 15.6. The Bertz CT molecular complexity index is 2290. The van der Waals surface area contributed by atoms with Crippen molar-refractivity contribution in [2.75, 3.05) is 52.6 Å². The quantitative estimate of drug-likeness (QED) is 0.00728.